The van der Waals surface area contributed by atoms with Gasteiger partial charge in [-0.2, -0.15) is 0 Å². The molecule has 0 saturated carbocycles. The van der Waals surface area contributed by atoms with E-state index in [1.165, 1.54) is 4.90 Å². The van der Waals surface area contributed by atoms with E-state index in [0.717, 1.165) is 17.0 Å². The van der Waals surface area contributed by atoms with Crippen LogP contribution in [0, 0.1) is 0 Å². The second-order valence-electron chi connectivity index (χ2n) is 5.99. The Morgan fingerprint density at radius 1 is 1.24 bits per heavy atom. The maximum absolute atomic E-state index is 11.0. The summed E-state index contributed by atoms with van der Waals surface area (Å²) in [5.74, 6) is 0.897. The number of ether oxygens (including phenoxy) is 1. The third kappa shape index (κ3) is 2.68. The fraction of sp³-hybridized carbons (Fsp3) is 0.438. The van der Waals surface area contributed by atoms with Gasteiger partial charge in [0, 0.05) is 31.7 Å². The molecule has 1 aromatic rings. The van der Waals surface area contributed by atoms with Crippen molar-refractivity contribution in [2.45, 2.75) is 19.4 Å². The van der Waals surface area contributed by atoms with E-state index in [-0.39, 0.29) is 5.60 Å². The van der Waals surface area contributed by atoms with Crippen molar-refractivity contribution in [1.82, 2.24) is 4.90 Å². The lowest BCUT2D eigenvalue weighted by atomic mass is 10.0. The van der Waals surface area contributed by atoms with E-state index < -0.39 is 6.09 Å². The van der Waals surface area contributed by atoms with E-state index in [4.69, 9.17) is 9.84 Å². The average molecular weight is 288 g/mol. The Morgan fingerprint density at radius 2 is 1.95 bits per heavy atom. The van der Waals surface area contributed by atoms with Crippen LogP contribution in [0.15, 0.2) is 24.3 Å². The molecule has 1 saturated heterocycles. The number of fused-ring (bicyclic) bond motifs is 1. The number of piperazine rings is 1. The molecule has 1 fully saturated rings. The highest BCUT2D eigenvalue weighted by molar-refractivity contribution is 5.73. The number of para-hydroxylation sites is 1. The largest absolute Gasteiger partial charge is 0.481 e. The SMILES string of the molecule is CC1(C)C=Cc2cccc(N3CCN(C(=O)O)CC3)c2O1. The monoisotopic (exact) mass is 288 g/mol. The van der Waals surface area contributed by atoms with Gasteiger partial charge in [-0.15, -0.1) is 0 Å². The molecule has 1 amide bonds. The number of carboxylic acid groups (broad SMARTS) is 1. The summed E-state index contributed by atoms with van der Waals surface area (Å²) in [6, 6.07) is 6.10. The lowest BCUT2D eigenvalue weighted by Gasteiger charge is -2.37. The van der Waals surface area contributed by atoms with Gasteiger partial charge >= 0.3 is 6.09 Å². The molecule has 1 N–H and O–H groups in total. The van der Waals surface area contributed by atoms with Crippen molar-refractivity contribution in [3.63, 3.8) is 0 Å². The highest BCUT2D eigenvalue weighted by Gasteiger charge is 2.27. The topological polar surface area (TPSA) is 53.0 Å². The zero-order valence-electron chi connectivity index (χ0n) is 12.4. The van der Waals surface area contributed by atoms with Crippen LogP contribution in [0.4, 0.5) is 10.5 Å². The molecule has 0 aromatic heterocycles. The smallest absolute Gasteiger partial charge is 0.407 e. The number of amides is 1. The van der Waals surface area contributed by atoms with Crippen LogP contribution in [0.25, 0.3) is 6.08 Å². The fourth-order valence-electron chi connectivity index (χ4n) is 2.76. The molecule has 1 aromatic carbocycles. The molecule has 2 aliphatic rings. The molecule has 5 heteroatoms. The standard InChI is InChI=1S/C16H20N2O3/c1-16(2)7-6-12-4-3-5-13(14(12)21-16)17-8-10-18(11-9-17)15(19)20/h3-7H,8-11H2,1-2H3,(H,19,20). The lowest BCUT2D eigenvalue weighted by Crippen LogP contribution is -2.48. The highest BCUT2D eigenvalue weighted by atomic mass is 16.5. The first-order valence-electron chi connectivity index (χ1n) is 7.20. The van der Waals surface area contributed by atoms with E-state index in [9.17, 15) is 4.79 Å². The molecule has 0 unspecified atom stereocenters. The Hall–Kier alpha value is -2.17. The van der Waals surface area contributed by atoms with Crippen LogP contribution in [0.1, 0.15) is 19.4 Å². The number of nitrogens with zero attached hydrogens (tertiary/aromatic N) is 2. The molecule has 0 bridgehead atoms. The van der Waals surface area contributed by atoms with Gasteiger partial charge in [0.1, 0.15) is 5.60 Å². The highest BCUT2D eigenvalue weighted by Crippen LogP contribution is 2.39. The van der Waals surface area contributed by atoms with E-state index in [1.54, 1.807) is 0 Å². The number of hydrogen-bond acceptors (Lipinski definition) is 3. The zero-order chi connectivity index (χ0) is 15.0. The number of anilines is 1. The molecular weight excluding hydrogens is 268 g/mol. The van der Waals surface area contributed by atoms with Gasteiger partial charge in [0.2, 0.25) is 0 Å². The molecule has 2 heterocycles. The Morgan fingerprint density at radius 3 is 2.62 bits per heavy atom. The Balaban J connectivity index is 1.85. The summed E-state index contributed by atoms with van der Waals surface area (Å²) in [6.45, 7) is 6.50. The van der Waals surface area contributed by atoms with Crippen LogP contribution in [0.3, 0.4) is 0 Å². The lowest BCUT2D eigenvalue weighted by molar-refractivity contribution is 0.141. The minimum Gasteiger partial charge on any atom is -0.481 e. The first-order chi connectivity index (χ1) is 9.96. The molecule has 5 nitrogen and oxygen atoms in total. The van der Waals surface area contributed by atoms with Gasteiger partial charge in [0.15, 0.2) is 5.75 Å². The summed E-state index contributed by atoms with van der Waals surface area (Å²) in [7, 11) is 0. The van der Waals surface area contributed by atoms with Crippen molar-refractivity contribution in [2.24, 2.45) is 0 Å². The molecule has 2 aliphatic heterocycles. The number of hydrogen-bond donors (Lipinski definition) is 1. The van der Waals surface area contributed by atoms with Crippen molar-refractivity contribution >= 4 is 17.9 Å². The van der Waals surface area contributed by atoms with Crippen molar-refractivity contribution in [1.29, 1.82) is 0 Å². The summed E-state index contributed by atoms with van der Waals surface area (Å²) in [6.07, 6.45) is 3.31. The Labute approximate surface area is 124 Å². The molecule has 0 aliphatic carbocycles. The maximum Gasteiger partial charge on any atom is 0.407 e. The molecule has 3 rings (SSSR count). The average Bonchev–Trinajstić information content (AvgIpc) is 2.46. The summed E-state index contributed by atoms with van der Waals surface area (Å²) in [5.41, 5.74) is 1.81. The van der Waals surface area contributed by atoms with Crippen LogP contribution in [0.5, 0.6) is 5.75 Å². The van der Waals surface area contributed by atoms with Gasteiger partial charge in [-0.3, -0.25) is 0 Å². The minimum atomic E-state index is -0.843. The van der Waals surface area contributed by atoms with Crippen molar-refractivity contribution in [2.75, 3.05) is 31.1 Å². The van der Waals surface area contributed by atoms with Crippen LogP contribution >= 0.6 is 0 Å². The normalized spacial score (nSPS) is 19.9. The van der Waals surface area contributed by atoms with E-state index in [0.29, 0.717) is 26.2 Å². The van der Waals surface area contributed by atoms with E-state index >= 15 is 0 Å². The third-order valence-electron chi connectivity index (χ3n) is 3.94. The summed E-state index contributed by atoms with van der Waals surface area (Å²) in [5, 5.41) is 9.03. The maximum atomic E-state index is 11.0. The van der Waals surface area contributed by atoms with Crippen LogP contribution in [-0.2, 0) is 0 Å². The number of benzene rings is 1. The Kier molecular flexibility index (Phi) is 3.27. The first-order valence-corrected chi connectivity index (χ1v) is 7.20. The minimum absolute atomic E-state index is 0.314. The van der Waals surface area contributed by atoms with Gasteiger partial charge < -0.3 is 19.6 Å². The number of carbonyl (C=O) groups is 1. The summed E-state index contributed by atoms with van der Waals surface area (Å²) in [4.78, 5) is 14.6. The predicted octanol–water partition coefficient (Wildman–Crippen LogP) is 2.67. The van der Waals surface area contributed by atoms with Gasteiger partial charge in [-0.1, -0.05) is 18.2 Å². The quantitative estimate of drug-likeness (QED) is 0.863. The van der Waals surface area contributed by atoms with Crippen LogP contribution < -0.4 is 9.64 Å². The van der Waals surface area contributed by atoms with Gasteiger partial charge in [0.05, 0.1) is 5.69 Å². The fourth-order valence-corrected chi connectivity index (χ4v) is 2.76. The van der Waals surface area contributed by atoms with Crippen LogP contribution in [0.2, 0.25) is 0 Å². The first kappa shape index (κ1) is 13.8. The van der Waals surface area contributed by atoms with Crippen molar-refractivity contribution in [3.05, 3.63) is 29.8 Å². The van der Waals surface area contributed by atoms with Gasteiger partial charge in [-0.05, 0) is 26.0 Å². The predicted molar refractivity (Wildman–Crippen MR) is 82.0 cm³/mol. The second-order valence-corrected chi connectivity index (χ2v) is 5.99. The molecule has 0 radical (unpaired) electrons. The summed E-state index contributed by atoms with van der Waals surface area (Å²) < 4.78 is 6.12. The summed E-state index contributed by atoms with van der Waals surface area (Å²) >= 11 is 0. The molecule has 21 heavy (non-hydrogen) atoms. The van der Waals surface area contributed by atoms with Crippen molar-refractivity contribution < 1.29 is 14.6 Å². The number of rotatable bonds is 1. The molecule has 0 spiro atoms. The second kappa shape index (κ2) is 4.98. The third-order valence-corrected chi connectivity index (χ3v) is 3.94. The molecule has 0 atom stereocenters. The van der Waals surface area contributed by atoms with Crippen LogP contribution in [-0.4, -0.2) is 47.9 Å². The van der Waals surface area contributed by atoms with E-state index in [2.05, 4.69) is 17.1 Å². The molecule has 112 valence electrons. The van der Waals surface area contributed by atoms with Crippen molar-refractivity contribution in [3.8, 4) is 5.75 Å². The van der Waals surface area contributed by atoms with E-state index in [1.807, 2.05) is 32.0 Å². The zero-order valence-corrected chi connectivity index (χ0v) is 12.4. The Bertz CT molecular complexity index is 587. The van der Waals surface area contributed by atoms with Gasteiger partial charge in [0.25, 0.3) is 0 Å². The van der Waals surface area contributed by atoms with Gasteiger partial charge in [-0.25, -0.2) is 4.79 Å². The molecular formula is C16H20N2O3.